The number of thioether (sulfide) groups is 1. The number of imidazole rings is 1. The lowest BCUT2D eigenvalue weighted by atomic mass is 10.1. The van der Waals surface area contributed by atoms with Crippen molar-refractivity contribution in [1.82, 2.24) is 39.1 Å². The van der Waals surface area contributed by atoms with Gasteiger partial charge in [-0.3, -0.25) is 14.3 Å². The number of H-pyrrole nitrogens is 2. The fourth-order valence-electron chi connectivity index (χ4n) is 4.18. The Balaban J connectivity index is 1.42. The molecule has 0 fully saturated rings. The molecule has 0 saturated carbocycles. The Morgan fingerprint density at radius 3 is 2.58 bits per heavy atom. The molecule has 0 amide bonds. The average molecular weight is 525 g/mol. The maximum Gasteiger partial charge on any atom is 0.330 e. The smallest absolute Gasteiger partial charge is 0.330 e. The lowest BCUT2D eigenvalue weighted by Crippen LogP contribution is -2.30. The predicted octanol–water partition coefficient (Wildman–Crippen LogP) is 3.80. The van der Waals surface area contributed by atoms with Gasteiger partial charge in [0.15, 0.2) is 5.65 Å². The van der Waals surface area contributed by atoms with Crippen LogP contribution in [0.25, 0.3) is 16.9 Å². The molecule has 0 saturated heterocycles. The number of nitrogens with zero attached hydrogens (tertiary/aromatic N) is 6. The van der Waals surface area contributed by atoms with Crippen LogP contribution in [0, 0.1) is 13.8 Å². The molecule has 36 heavy (non-hydrogen) atoms. The average Bonchev–Trinajstić information content (AvgIpc) is 3.46. The molecule has 4 aromatic heterocycles. The Hall–Kier alpha value is -3.44. The van der Waals surface area contributed by atoms with Crippen LogP contribution in [0.2, 0.25) is 5.02 Å². The monoisotopic (exact) mass is 524 g/mol. The zero-order chi connectivity index (χ0) is 25.4. The zero-order valence-electron chi connectivity index (χ0n) is 20.1. The van der Waals surface area contributed by atoms with E-state index in [0.29, 0.717) is 33.2 Å². The second kappa shape index (κ2) is 9.90. The summed E-state index contributed by atoms with van der Waals surface area (Å²) in [4.78, 5) is 44.2. The van der Waals surface area contributed by atoms with Crippen LogP contribution in [-0.4, -0.2) is 39.1 Å². The van der Waals surface area contributed by atoms with Crippen molar-refractivity contribution in [3.05, 3.63) is 78.5 Å². The van der Waals surface area contributed by atoms with Gasteiger partial charge < -0.3 is 4.98 Å². The largest absolute Gasteiger partial charge is 0.335 e. The van der Waals surface area contributed by atoms with Crippen LogP contribution in [0.5, 0.6) is 0 Å². The second-order valence-corrected chi connectivity index (χ2v) is 9.99. The molecule has 10 nitrogen and oxygen atoms in total. The number of aromatic nitrogens is 8. The molecule has 4 heterocycles. The molecular formula is C24H25ClN8O2S. The minimum Gasteiger partial charge on any atom is -0.335 e. The van der Waals surface area contributed by atoms with Crippen LogP contribution in [0.3, 0.4) is 0 Å². The van der Waals surface area contributed by atoms with Crippen molar-refractivity contribution in [3.8, 4) is 0 Å². The lowest BCUT2D eigenvalue weighted by molar-refractivity contribution is 0.748. The van der Waals surface area contributed by atoms with Crippen LogP contribution < -0.4 is 11.2 Å². The molecule has 0 unspecified atom stereocenters. The highest BCUT2D eigenvalue weighted by molar-refractivity contribution is 7.98. The first kappa shape index (κ1) is 24.3. The molecule has 1 aromatic carbocycles. The summed E-state index contributed by atoms with van der Waals surface area (Å²) in [5.41, 5.74) is 3.61. The van der Waals surface area contributed by atoms with E-state index in [9.17, 15) is 9.59 Å². The van der Waals surface area contributed by atoms with Gasteiger partial charge in [0.05, 0.1) is 12.3 Å². The van der Waals surface area contributed by atoms with Gasteiger partial charge in [-0.15, -0.1) is 5.10 Å². The van der Waals surface area contributed by atoms with E-state index in [4.69, 9.17) is 11.6 Å². The highest BCUT2D eigenvalue weighted by atomic mass is 35.5. The summed E-state index contributed by atoms with van der Waals surface area (Å²) >= 11 is 7.35. The molecule has 2 N–H and O–H groups in total. The highest BCUT2D eigenvalue weighted by Crippen LogP contribution is 2.22. The van der Waals surface area contributed by atoms with Gasteiger partial charge in [-0.2, -0.15) is 4.98 Å². The quantitative estimate of drug-likeness (QED) is 0.295. The van der Waals surface area contributed by atoms with Crippen LogP contribution >= 0.6 is 23.4 Å². The fraction of sp³-hybridized carbons (Fsp3) is 0.333. The molecule has 12 heteroatoms. The third kappa shape index (κ3) is 4.68. The molecule has 5 rings (SSSR count). The summed E-state index contributed by atoms with van der Waals surface area (Å²) in [6.07, 6.45) is 3.17. The SMILES string of the molecule is CCCCc1c(C)nc2nc(SCc3nc4c([nH]3)c(=O)[nH]c(=O)n4Cc3ccc(Cl)cc3)nn2c1C. The topological polar surface area (TPSA) is 127 Å². The number of aromatic amines is 2. The van der Waals surface area contributed by atoms with E-state index in [1.807, 2.05) is 26.0 Å². The van der Waals surface area contributed by atoms with Gasteiger partial charge in [0.2, 0.25) is 5.16 Å². The van der Waals surface area contributed by atoms with Crippen molar-refractivity contribution < 1.29 is 0 Å². The van der Waals surface area contributed by atoms with Crippen LogP contribution in [0.4, 0.5) is 0 Å². The van der Waals surface area contributed by atoms with E-state index >= 15 is 0 Å². The third-order valence-electron chi connectivity index (χ3n) is 6.08. The second-order valence-electron chi connectivity index (χ2n) is 8.61. The Morgan fingerprint density at radius 1 is 1.06 bits per heavy atom. The van der Waals surface area contributed by atoms with Crippen molar-refractivity contribution in [2.45, 2.75) is 57.5 Å². The Bertz CT molecular complexity index is 1680. The predicted molar refractivity (Wildman–Crippen MR) is 140 cm³/mol. The first-order chi connectivity index (χ1) is 17.3. The van der Waals surface area contributed by atoms with Crippen molar-refractivity contribution in [1.29, 1.82) is 0 Å². The van der Waals surface area contributed by atoms with Crippen LogP contribution in [-0.2, 0) is 18.7 Å². The van der Waals surface area contributed by atoms with E-state index in [0.717, 1.165) is 36.2 Å². The number of rotatable bonds is 8. The number of nitrogens with one attached hydrogen (secondary N) is 2. The van der Waals surface area contributed by atoms with Gasteiger partial charge >= 0.3 is 5.69 Å². The number of aryl methyl sites for hydroxylation is 2. The number of halogens is 1. The molecule has 0 aliphatic carbocycles. The third-order valence-corrected chi connectivity index (χ3v) is 7.18. The maximum atomic E-state index is 12.6. The molecule has 0 radical (unpaired) electrons. The maximum absolute atomic E-state index is 12.6. The lowest BCUT2D eigenvalue weighted by Gasteiger charge is -2.09. The van der Waals surface area contributed by atoms with Gasteiger partial charge in [0, 0.05) is 16.4 Å². The standard InChI is InChI=1S/C24H25ClN8O2S/c1-4-5-6-17-13(2)26-22-30-23(31-33(22)14(17)3)36-12-18-27-19-20(28-18)32(24(35)29-21(19)34)11-15-7-9-16(25)10-8-15/h7-10H,4-6,11-12H2,1-3H3,(H,27,28)(H,29,34,35). The first-order valence-corrected chi connectivity index (χ1v) is 13.0. The van der Waals surface area contributed by atoms with Gasteiger partial charge in [-0.25, -0.2) is 19.3 Å². The minimum absolute atomic E-state index is 0.246. The molecule has 0 aliphatic heterocycles. The molecule has 186 valence electrons. The highest BCUT2D eigenvalue weighted by Gasteiger charge is 2.16. The molecule has 0 spiro atoms. The first-order valence-electron chi connectivity index (χ1n) is 11.7. The molecule has 0 atom stereocenters. The number of unbranched alkanes of at least 4 members (excludes halogenated alkanes) is 1. The zero-order valence-corrected chi connectivity index (χ0v) is 21.7. The summed E-state index contributed by atoms with van der Waals surface area (Å²) in [5.74, 6) is 1.49. The van der Waals surface area contributed by atoms with Crippen LogP contribution in [0.1, 0.15) is 48.1 Å². The Kier molecular flexibility index (Phi) is 6.67. The summed E-state index contributed by atoms with van der Waals surface area (Å²) in [6.45, 7) is 6.47. The Morgan fingerprint density at radius 2 is 1.83 bits per heavy atom. The summed E-state index contributed by atoms with van der Waals surface area (Å²) in [5, 5.41) is 5.80. The summed E-state index contributed by atoms with van der Waals surface area (Å²) < 4.78 is 3.22. The van der Waals surface area contributed by atoms with Crippen molar-refractivity contribution in [2.75, 3.05) is 0 Å². The van der Waals surface area contributed by atoms with E-state index in [1.54, 1.807) is 16.6 Å². The molecule has 0 aliphatic rings. The summed E-state index contributed by atoms with van der Waals surface area (Å²) in [7, 11) is 0. The number of hydrogen-bond donors (Lipinski definition) is 2. The fourth-order valence-corrected chi connectivity index (χ4v) is 4.99. The molecule has 0 bridgehead atoms. The van der Waals surface area contributed by atoms with Gasteiger partial charge in [0.25, 0.3) is 11.3 Å². The number of benzene rings is 1. The molecule has 5 aromatic rings. The normalized spacial score (nSPS) is 11.7. The van der Waals surface area contributed by atoms with E-state index in [-0.39, 0.29) is 12.1 Å². The van der Waals surface area contributed by atoms with Gasteiger partial charge in [-0.1, -0.05) is 48.8 Å². The van der Waals surface area contributed by atoms with Crippen molar-refractivity contribution in [2.24, 2.45) is 0 Å². The van der Waals surface area contributed by atoms with Crippen molar-refractivity contribution in [3.63, 3.8) is 0 Å². The summed E-state index contributed by atoms with van der Waals surface area (Å²) in [6, 6.07) is 7.17. The van der Waals surface area contributed by atoms with Gasteiger partial charge in [-0.05, 0) is 49.9 Å². The van der Waals surface area contributed by atoms with E-state index in [2.05, 4.69) is 36.9 Å². The number of hydrogen-bond acceptors (Lipinski definition) is 7. The van der Waals surface area contributed by atoms with Crippen LogP contribution in [0.15, 0.2) is 39.0 Å². The Labute approximate surface area is 215 Å². The van der Waals surface area contributed by atoms with Crippen molar-refractivity contribution >= 4 is 40.3 Å². The van der Waals surface area contributed by atoms with E-state index in [1.165, 1.54) is 21.9 Å². The molecular weight excluding hydrogens is 500 g/mol. The van der Waals surface area contributed by atoms with E-state index < -0.39 is 11.2 Å². The van der Waals surface area contributed by atoms with Gasteiger partial charge in [0.1, 0.15) is 11.3 Å². The minimum atomic E-state index is -0.522. The number of fused-ring (bicyclic) bond motifs is 2.